The lowest BCUT2D eigenvalue weighted by molar-refractivity contribution is -0.136. The number of carbonyl (C=O) groups excluding carboxylic acids is 2. The summed E-state index contributed by atoms with van der Waals surface area (Å²) in [4.78, 5) is 26.8. The number of nitrogens with one attached hydrogen (secondary N) is 1. The van der Waals surface area contributed by atoms with E-state index in [0.717, 1.165) is 14.7 Å². The molecule has 1 atom stereocenters. The van der Waals surface area contributed by atoms with Gasteiger partial charge in [-0.25, -0.2) is 4.79 Å². The summed E-state index contributed by atoms with van der Waals surface area (Å²) < 4.78 is 18.1. The number of dihydropyridines is 1. The normalized spacial score (nSPS) is 15.8. The molecule has 1 aliphatic heterocycles. The minimum atomic E-state index is -0.672. The Labute approximate surface area is 240 Å². The summed E-state index contributed by atoms with van der Waals surface area (Å²) in [7, 11) is 1.33. The van der Waals surface area contributed by atoms with Crippen molar-refractivity contribution in [1.82, 2.24) is 5.32 Å². The second kappa shape index (κ2) is 10.9. The number of rotatable bonds is 7. The Morgan fingerprint density at radius 1 is 1.08 bits per heavy atom. The van der Waals surface area contributed by atoms with Gasteiger partial charge in [0.1, 0.15) is 6.61 Å². The standard InChI is InChI=1S/C31H25IN2O5/c1-4-38-24-14-20(13-23(32)30(24)39-16-19-10-6-5-9-18(19)15-33)26-25(31(36)37-3)17(2)34-28-21-11-7-8-12-22(21)29(35)27(26)28/h5-14,26,34H,4,16H2,1-3H3/t26-/m1/s1. The van der Waals surface area contributed by atoms with Crippen molar-refractivity contribution < 1.29 is 23.8 Å². The zero-order valence-corrected chi connectivity index (χ0v) is 23.8. The first kappa shape index (κ1) is 26.5. The topological polar surface area (TPSA) is 97.7 Å². The summed E-state index contributed by atoms with van der Waals surface area (Å²) in [5, 5.41) is 12.7. The highest BCUT2D eigenvalue weighted by Crippen LogP contribution is 2.48. The first-order valence-electron chi connectivity index (χ1n) is 12.4. The molecule has 0 spiro atoms. The van der Waals surface area contributed by atoms with Crippen LogP contribution in [0.15, 0.2) is 77.5 Å². The number of carbonyl (C=O) groups is 2. The first-order valence-corrected chi connectivity index (χ1v) is 13.5. The van der Waals surface area contributed by atoms with E-state index in [1.54, 1.807) is 12.1 Å². The van der Waals surface area contributed by atoms with E-state index in [9.17, 15) is 14.9 Å². The lowest BCUT2D eigenvalue weighted by Gasteiger charge is -2.29. The number of esters is 1. The summed E-state index contributed by atoms with van der Waals surface area (Å²) in [5.41, 5.74) is 5.60. The van der Waals surface area contributed by atoms with Gasteiger partial charge in [0, 0.05) is 33.9 Å². The largest absolute Gasteiger partial charge is 0.490 e. The van der Waals surface area contributed by atoms with Gasteiger partial charge in [-0.15, -0.1) is 0 Å². The minimum Gasteiger partial charge on any atom is -0.490 e. The molecule has 0 aromatic heterocycles. The van der Waals surface area contributed by atoms with E-state index in [4.69, 9.17) is 14.2 Å². The van der Waals surface area contributed by atoms with Crippen LogP contribution in [0.5, 0.6) is 11.5 Å². The highest BCUT2D eigenvalue weighted by molar-refractivity contribution is 14.1. The molecule has 0 fully saturated rings. The van der Waals surface area contributed by atoms with Crippen molar-refractivity contribution in [1.29, 1.82) is 5.26 Å². The van der Waals surface area contributed by atoms with Gasteiger partial charge >= 0.3 is 5.97 Å². The number of benzene rings is 3. The molecular weight excluding hydrogens is 607 g/mol. The van der Waals surface area contributed by atoms with E-state index in [2.05, 4.69) is 34.0 Å². The van der Waals surface area contributed by atoms with E-state index in [1.807, 2.05) is 62.4 Å². The lowest BCUT2D eigenvalue weighted by Crippen LogP contribution is -2.29. The maximum atomic E-state index is 13.7. The van der Waals surface area contributed by atoms with Crippen molar-refractivity contribution in [3.05, 3.63) is 109 Å². The van der Waals surface area contributed by atoms with Crippen LogP contribution < -0.4 is 14.8 Å². The number of hydrogen-bond acceptors (Lipinski definition) is 7. The van der Waals surface area contributed by atoms with Crippen LogP contribution in [-0.4, -0.2) is 25.5 Å². The van der Waals surface area contributed by atoms with E-state index < -0.39 is 11.9 Å². The lowest BCUT2D eigenvalue weighted by atomic mass is 9.79. The molecule has 0 unspecified atom stereocenters. The fraction of sp³-hybridized carbons (Fsp3) is 0.194. The molecule has 3 aromatic carbocycles. The predicted molar refractivity (Wildman–Crippen MR) is 154 cm³/mol. The van der Waals surface area contributed by atoms with Crippen LogP contribution in [0.25, 0.3) is 5.70 Å². The number of ether oxygens (including phenoxy) is 3. The first-order chi connectivity index (χ1) is 18.9. The molecule has 0 amide bonds. The molecule has 1 heterocycles. The maximum absolute atomic E-state index is 13.7. The molecule has 8 heteroatoms. The van der Waals surface area contributed by atoms with Crippen molar-refractivity contribution >= 4 is 40.0 Å². The van der Waals surface area contributed by atoms with Gasteiger partial charge in [0.2, 0.25) is 0 Å². The minimum absolute atomic E-state index is 0.131. The quantitative estimate of drug-likeness (QED) is 0.257. The molecule has 7 nitrogen and oxygen atoms in total. The Bertz CT molecular complexity index is 1620. The molecule has 1 aliphatic carbocycles. The Morgan fingerprint density at radius 3 is 2.51 bits per heavy atom. The van der Waals surface area contributed by atoms with Crippen LogP contribution in [0.4, 0.5) is 0 Å². The molecule has 0 saturated carbocycles. The van der Waals surface area contributed by atoms with Crippen LogP contribution in [0.1, 0.15) is 52.4 Å². The SMILES string of the molecule is CCOc1cc([C@@H]2C(C(=O)OC)=C(C)NC3=C2C(=O)c2ccccc23)cc(I)c1OCc1ccccc1C#N. The van der Waals surface area contributed by atoms with Gasteiger partial charge < -0.3 is 19.5 Å². The molecule has 196 valence electrons. The molecule has 0 saturated heterocycles. The fourth-order valence-electron chi connectivity index (χ4n) is 5.11. The maximum Gasteiger partial charge on any atom is 0.336 e. The highest BCUT2D eigenvalue weighted by Gasteiger charge is 2.43. The number of halogens is 1. The number of nitriles is 1. The summed E-state index contributed by atoms with van der Waals surface area (Å²) in [6.07, 6.45) is 0. The van der Waals surface area contributed by atoms with Gasteiger partial charge in [-0.05, 0) is 60.2 Å². The summed E-state index contributed by atoms with van der Waals surface area (Å²) in [6, 6.07) is 20.6. The number of fused-ring (bicyclic) bond motifs is 2. The van der Waals surface area contributed by atoms with Gasteiger partial charge in [0.15, 0.2) is 17.3 Å². The number of Topliss-reactive ketones (excluding diaryl/α,β-unsaturated/α-hetero) is 1. The van der Waals surface area contributed by atoms with Crippen molar-refractivity contribution in [3.63, 3.8) is 0 Å². The highest BCUT2D eigenvalue weighted by atomic mass is 127. The van der Waals surface area contributed by atoms with E-state index in [1.165, 1.54) is 7.11 Å². The summed E-state index contributed by atoms with van der Waals surface area (Å²) >= 11 is 2.17. The molecular formula is C31H25IN2O5. The number of methoxy groups -OCH3 is 1. The Morgan fingerprint density at radius 2 is 1.79 bits per heavy atom. The van der Waals surface area contributed by atoms with Gasteiger partial charge in [-0.3, -0.25) is 4.79 Å². The van der Waals surface area contributed by atoms with E-state index in [-0.39, 0.29) is 12.4 Å². The summed E-state index contributed by atoms with van der Waals surface area (Å²) in [6.45, 7) is 4.25. The average molecular weight is 632 g/mol. The second-order valence-electron chi connectivity index (χ2n) is 9.07. The average Bonchev–Trinajstić information content (AvgIpc) is 3.22. The third-order valence-electron chi connectivity index (χ3n) is 6.83. The van der Waals surface area contributed by atoms with Crippen LogP contribution >= 0.6 is 22.6 Å². The van der Waals surface area contributed by atoms with Gasteiger partial charge in [-0.1, -0.05) is 42.5 Å². The third kappa shape index (κ3) is 4.68. The molecule has 5 rings (SSSR count). The van der Waals surface area contributed by atoms with Crippen molar-refractivity contribution in [2.45, 2.75) is 26.4 Å². The third-order valence-corrected chi connectivity index (χ3v) is 7.63. The number of ketones is 1. The summed E-state index contributed by atoms with van der Waals surface area (Å²) in [5.74, 6) is -0.303. The fourth-order valence-corrected chi connectivity index (χ4v) is 5.89. The van der Waals surface area contributed by atoms with Crippen LogP contribution in [0.2, 0.25) is 0 Å². The number of nitrogens with zero attached hydrogens (tertiary/aromatic N) is 1. The number of hydrogen-bond donors (Lipinski definition) is 1. The Hall–Kier alpha value is -4.10. The van der Waals surface area contributed by atoms with Crippen molar-refractivity contribution in [2.75, 3.05) is 13.7 Å². The van der Waals surface area contributed by atoms with Crippen LogP contribution in [0.3, 0.4) is 0 Å². The monoisotopic (exact) mass is 632 g/mol. The van der Waals surface area contributed by atoms with E-state index in [0.29, 0.717) is 57.3 Å². The van der Waals surface area contributed by atoms with Gasteiger partial charge in [-0.2, -0.15) is 5.26 Å². The van der Waals surface area contributed by atoms with Gasteiger partial charge in [0.05, 0.1) is 40.2 Å². The molecule has 39 heavy (non-hydrogen) atoms. The zero-order chi connectivity index (χ0) is 27.7. The van der Waals surface area contributed by atoms with Crippen molar-refractivity contribution in [3.8, 4) is 17.6 Å². The molecule has 0 bridgehead atoms. The van der Waals surface area contributed by atoms with Crippen LogP contribution in [-0.2, 0) is 16.1 Å². The molecule has 2 aliphatic rings. The zero-order valence-electron chi connectivity index (χ0n) is 21.6. The molecule has 0 radical (unpaired) electrons. The predicted octanol–water partition coefficient (Wildman–Crippen LogP) is 5.88. The second-order valence-corrected chi connectivity index (χ2v) is 10.2. The van der Waals surface area contributed by atoms with Crippen molar-refractivity contribution in [2.24, 2.45) is 0 Å². The van der Waals surface area contributed by atoms with Gasteiger partial charge in [0.25, 0.3) is 0 Å². The van der Waals surface area contributed by atoms with Crippen LogP contribution in [0, 0.1) is 14.9 Å². The van der Waals surface area contributed by atoms with E-state index >= 15 is 0 Å². The smallest absolute Gasteiger partial charge is 0.336 e. The number of allylic oxidation sites excluding steroid dienone is 2. The Kier molecular flexibility index (Phi) is 7.44. The molecule has 3 aromatic rings. The Balaban J connectivity index is 1.62. The molecule has 1 N–H and O–H groups in total.